The molecule has 1 amide bonds. The van der Waals surface area contributed by atoms with Crippen molar-refractivity contribution in [2.75, 3.05) is 6.61 Å². The molecule has 2 unspecified atom stereocenters. The number of amides is 1. The SMILES string of the molecule is CC(=O)C1=CS[C@H]2N1C(=O)C2(Br)C(O)c1cn2c(n1)COCC2. The van der Waals surface area contributed by atoms with Crippen LogP contribution in [-0.2, 0) is 27.5 Å². The summed E-state index contributed by atoms with van der Waals surface area (Å²) in [6.07, 6.45) is 0.669. The van der Waals surface area contributed by atoms with Crippen LogP contribution in [0.2, 0.25) is 0 Å². The van der Waals surface area contributed by atoms with Gasteiger partial charge in [0.05, 0.1) is 18.0 Å². The molecular weight excluding hydrogens is 386 g/mol. The Bertz CT molecular complexity index is 725. The molecule has 4 heterocycles. The molecule has 3 atom stereocenters. The van der Waals surface area contributed by atoms with Gasteiger partial charge in [-0.2, -0.15) is 0 Å². The van der Waals surface area contributed by atoms with Crippen molar-refractivity contribution in [3.05, 3.63) is 28.8 Å². The summed E-state index contributed by atoms with van der Waals surface area (Å²) in [6, 6.07) is 0. The third-order valence-electron chi connectivity index (χ3n) is 4.33. The van der Waals surface area contributed by atoms with Gasteiger partial charge in [0.1, 0.15) is 23.9 Å². The molecule has 1 N–H and O–H groups in total. The summed E-state index contributed by atoms with van der Waals surface area (Å²) < 4.78 is 6.11. The van der Waals surface area contributed by atoms with Gasteiger partial charge in [-0.1, -0.05) is 15.9 Å². The van der Waals surface area contributed by atoms with E-state index in [4.69, 9.17) is 4.74 Å². The zero-order valence-electron chi connectivity index (χ0n) is 12.2. The lowest BCUT2D eigenvalue weighted by molar-refractivity contribution is -0.150. The molecule has 7 nitrogen and oxygen atoms in total. The Morgan fingerprint density at radius 3 is 3.13 bits per heavy atom. The van der Waals surface area contributed by atoms with E-state index in [1.807, 2.05) is 4.57 Å². The number of imidazole rings is 1. The third kappa shape index (κ3) is 2.00. The molecular formula is C14H14BrN3O4S. The Balaban J connectivity index is 1.62. The Morgan fingerprint density at radius 1 is 1.65 bits per heavy atom. The van der Waals surface area contributed by atoms with Crippen LogP contribution in [0.15, 0.2) is 17.3 Å². The highest BCUT2D eigenvalue weighted by molar-refractivity contribution is 9.10. The van der Waals surface area contributed by atoms with Crippen LogP contribution in [0.5, 0.6) is 0 Å². The minimum absolute atomic E-state index is 0.160. The second-order valence-corrected chi connectivity index (χ2v) is 7.99. The van der Waals surface area contributed by atoms with Crippen molar-refractivity contribution in [1.29, 1.82) is 0 Å². The average molecular weight is 400 g/mol. The molecule has 9 heteroatoms. The number of ether oxygens (including phenoxy) is 1. The Morgan fingerprint density at radius 2 is 2.43 bits per heavy atom. The number of aromatic nitrogens is 2. The molecule has 3 aliphatic heterocycles. The zero-order valence-corrected chi connectivity index (χ0v) is 14.6. The van der Waals surface area contributed by atoms with Crippen molar-refractivity contribution < 1.29 is 19.4 Å². The number of aliphatic hydroxyl groups excluding tert-OH is 1. The van der Waals surface area contributed by atoms with Crippen LogP contribution in [-0.4, -0.2) is 47.6 Å². The van der Waals surface area contributed by atoms with Gasteiger partial charge in [-0.25, -0.2) is 4.98 Å². The summed E-state index contributed by atoms with van der Waals surface area (Å²) in [7, 11) is 0. The second-order valence-electron chi connectivity index (χ2n) is 5.72. The normalized spacial score (nSPS) is 30.4. The van der Waals surface area contributed by atoms with Gasteiger partial charge >= 0.3 is 0 Å². The van der Waals surface area contributed by atoms with Crippen molar-refractivity contribution in [1.82, 2.24) is 14.5 Å². The van der Waals surface area contributed by atoms with Crippen LogP contribution in [0.25, 0.3) is 0 Å². The topological polar surface area (TPSA) is 84.7 Å². The number of nitrogens with zero attached hydrogens (tertiary/aromatic N) is 3. The number of Topliss-reactive ketones (excluding diaryl/α,β-unsaturated/α-hetero) is 1. The predicted molar refractivity (Wildman–Crippen MR) is 85.5 cm³/mol. The molecule has 0 aromatic carbocycles. The van der Waals surface area contributed by atoms with Crippen molar-refractivity contribution in [3.63, 3.8) is 0 Å². The maximum Gasteiger partial charge on any atom is 0.251 e. The largest absolute Gasteiger partial charge is 0.385 e. The Kier molecular flexibility index (Phi) is 3.45. The summed E-state index contributed by atoms with van der Waals surface area (Å²) in [5, 5.41) is 12.1. The average Bonchev–Trinajstić information content (AvgIpc) is 3.15. The Labute approximate surface area is 144 Å². The first-order valence-electron chi connectivity index (χ1n) is 7.15. The molecule has 0 saturated carbocycles. The van der Waals surface area contributed by atoms with Crippen molar-refractivity contribution in [2.45, 2.75) is 35.9 Å². The van der Waals surface area contributed by atoms with Gasteiger partial charge < -0.3 is 14.4 Å². The molecule has 122 valence electrons. The predicted octanol–water partition coefficient (Wildman–Crippen LogP) is 0.926. The molecule has 23 heavy (non-hydrogen) atoms. The monoisotopic (exact) mass is 399 g/mol. The van der Waals surface area contributed by atoms with E-state index in [1.165, 1.54) is 23.6 Å². The van der Waals surface area contributed by atoms with E-state index in [9.17, 15) is 14.7 Å². The lowest BCUT2D eigenvalue weighted by Gasteiger charge is -2.50. The number of aliphatic hydroxyl groups is 1. The standard InChI is InChI=1S/C14H14BrN3O4S/c1-7(19)9-6-23-13-14(15,12(21)18(9)13)11(20)8-4-17-2-3-22-5-10(17)16-8/h4,6,11,13,20H,2-3,5H2,1H3/t11?,13-,14?/m1/s1. The minimum atomic E-state index is -1.17. The first kappa shape index (κ1) is 15.4. The first-order valence-corrected chi connectivity index (χ1v) is 8.89. The van der Waals surface area contributed by atoms with Crippen LogP contribution >= 0.6 is 27.7 Å². The number of β-lactam (4-membered cyclic amide) rings is 1. The van der Waals surface area contributed by atoms with E-state index in [2.05, 4.69) is 20.9 Å². The van der Waals surface area contributed by atoms with Gasteiger partial charge in [0.25, 0.3) is 5.91 Å². The summed E-state index contributed by atoms with van der Waals surface area (Å²) in [6.45, 7) is 3.11. The molecule has 0 spiro atoms. The summed E-state index contributed by atoms with van der Waals surface area (Å²) in [4.78, 5) is 30.0. The summed E-state index contributed by atoms with van der Waals surface area (Å²) in [5.74, 6) is 0.266. The van der Waals surface area contributed by atoms with Gasteiger partial charge in [-0.3, -0.25) is 14.5 Å². The van der Waals surface area contributed by atoms with Gasteiger partial charge in [-0.15, -0.1) is 11.8 Å². The van der Waals surface area contributed by atoms with Crippen molar-refractivity contribution in [2.24, 2.45) is 0 Å². The lowest BCUT2D eigenvalue weighted by atomic mass is 9.89. The molecule has 0 radical (unpaired) electrons. The molecule has 1 saturated heterocycles. The van der Waals surface area contributed by atoms with E-state index in [0.29, 0.717) is 31.1 Å². The molecule has 0 aliphatic carbocycles. The fourth-order valence-corrected chi connectivity index (χ4v) is 5.31. The highest BCUT2D eigenvalue weighted by Gasteiger charge is 2.67. The summed E-state index contributed by atoms with van der Waals surface area (Å²) in [5.41, 5.74) is 0.817. The van der Waals surface area contributed by atoms with Gasteiger partial charge in [0.2, 0.25) is 0 Å². The van der Waals surface area contributed by atoms with Gasteiger partial charge in [0.15, 0.2) is 10.1 Å². The number of thioether (sulfide) groups is 1. The number of halogens is 1. The van der Waals surface area contributed by atoms with Crippen LogP contribution in [0.1, 0.15) is 24.5 Å². The van der Waals surface area contributed by atoms with Crippen molar-refractivity contribution >= 4 is 39.4 Å². The zero-order chi connectivity index (χ0) is 16.4. The number of allylic oxidation sites excluding steroid dienone is 1. The lowest BCUT2D eigenvalue weighted by Crippen LogP contribution is -2.69. The minimum Gasteiger partial charge on any atom is -0.385 e. The smallest absolute Gasteiger partial charge is 0.251 e. The molecule has 3 aliphatic rings. The van der Waals surface area contributed by atoms with Crippen LogP contribution < -0.4 is 0 Å². The van der Waals surface area contributed by atoms with Crippen LogP contribution in [0, 0.1) is 0 Å². The molecule has 1 aromatic rings. The number of ketones is 1. The molecule has 1 aromatic heterocycles. The van der Waals surface area contributed by atoms with Crippen LogP contribution in [0.3, 0.4) is 0 Å². The number of carbonyl (C=O) groups excluding carboxylic acids is 2. The quantitative estimate of drug-likeness (QED) is 0.600. The number of fused-ring (bicyclic) bond motifs is 2. The number of alkyl halides is 1. The van der Waals surface area contributed by atoms with Gasteiger partial charge in [0, 0.05) is 25.1 Å². The first-order chi connectivity index (χ1) is 10.9. The highest BCUT2D eigenvalue weighted by atomic mass is 79.9. The van der Waals surface area contributed by atoms with Crippen LogP contribution in [0.4, 0.5) is 0 Å². The molecule has 1 fully saturated rings. The number of carbonyl (C=O) groups is 2. The van der Waals surface area contributed by atoms with E-state index in [1.54, 1.807) is 11.6 Å². The Hall–Kier alpha value is -1.16. The highest BCUT2D eigenvalue weighted by Crippen LogP contribution is 2.56. The molecule has 4 rings (SSSR count). The maximum absolute atomic E-state index is 12.6. The van der Waals surface area contributed by atoms with Crippen molar-refractivity contribution in [3.8, 4) is 0 Å². The maximum atomic E-state index is 12.6. The number of hydrogen-bond acceptors (Lipinski definition) is 6. The van der Waals surface area contributed by atoms with Gasteiger partial charge in [-0.05, 0) is 0 Å². The van der Waals surface area contributed by atoms with E-state index in [0.717, 1.165) is 5.82 Å². The fourth-order valence-electron chi connectivity index (χ4n) is 3.06. The van der Waals surface area contributed by atoms with E-state index >= 15 is 0 Å². The number of hydrogen-bond donors (Lipinski definition) is 1. The van der Waals surface area contributed by atoms with E-state index < -0.39 is 10.4 Å². The molecule has 0 bridgehead atoms. The fraction of sp³-hybridized carbons (Fsp3) is 0.500. The third-order valence-corrected chi connectivity index (χ3v) is 7.04. The summed E-state index contributed by atoms with van der Waals surface area (Å²) >= 11 is 4.78. The van der Waals surface area contributed by atoms with E-state index in [-0.39, 0.29) is 17.1 Å². The second kappa shape index (κ2) is 5.17. The number of rotatable bonds is 3.